The number of carbonyl (C=O) groups excluding carboxylic acids is 2. The second-order valence-corrected chi connectivity index (χ2v) is 6.14. The lowest BCUT2D eigenvalue weighted by molar-refractivity contribution is -0.116. The molecule has 0 saturated heterocycles. The molecule has 2 aromatic carbocycles. The topological polar surface area (TPSA) is 58.2 Å². The summed E-state index contributed by atoms with van der Waals surface area (Å²) in [5, 5.41) is 5.70. The van der Waals surface area contributed by atoms with E-state index in [1.165, 1.54) is 23.6 Å². The van der Waals surface area contributed by atoms with Crippen molar-refractivity contribution in [2.45, 2.75) is 40.5 Å². The van der Waals surface area contributed by atoms with Crippen LogP contribution in [0.15, 0.2) is 36.4 Å². The fourth-order valence-corrected chi connectivity index (χ4v) is 2.68. The van der Waals surface area contributed by atoms with Crippen LogP contribution in [0.5, 0.6) is 0 Å². The monoisotopic (exact) mass is 324 g/mol. The van der Waals surface area contributed by atoms with Crippen molar-refractivity contribution in [3.8, 4) is 0 Å². The van der Waals surface area contributed by atoms with Crippen molar-refractivity contribution in [2.75, 3.05) is 10.6 Å². The standard InChI is InChI=1S/C20H24N2O2/c1-13-8-9-17(14(2)12-13)10-11-20(24)22-19-7-5-6-18(15(19)3)21-16(4)23/h5-9,12H,10-11H2,1-4H3,(H,21,23)(H,22,24). The van der Waals surface area contributed by atoms with E-state index in [-0.39, 0.29) is 11.8 Å². The average molecular weight is 324 g/mol. The van der Waals surface area contributed by atoms with Gasteiger partial charge in [0.1, 0.15) is 0 Å². The maximum absolute atomic E-state index is 12.3. The lowest BCUT2D eigenvalue weighted by atomic mass is 10.0. The smallest absolute Gasteiger partial charge is 0.224 e. The van der Waals surface area contributed by atoms with Gasteiger partial charge in [0.2, 0.25) is 11.8 Å². The number of anilines is 2. The van der Waals surface area contributed by atoms with E-state index in [4.69, 9.17) is 0 Å². The van der Waals surface area contributed by atoms with E-state index in [1.807, 2.05) is 25.1 Å². The predicted molar refractivity (Wildman–Crippen MR) is 98.3 cm³/mol. The molecule has 0 aliphatic carbocycles. The molecule has 4 heteroatoms. The molecule has 0 atom stereocenters. The van der Waals surface area contributed by atoms with E-state index < -0.39 is 0 Å². The minimum Gasteiger partial charge on any atom is -0.326 e. The molecule has 0 saturated carbocycles. The minimum atomic E-state index is -0.128. The van der Waals surface area contributed by atoms with Crippen molar-refractivity contribution in [3.05, 3.63) is 58.7 Å². The summed E-state index contributed by atoms with van der Waals surface area (Å²) in [5.41, 5.74) is 5.94. The molecule has 2 N–H and O–H groups in total. The highest BCUT2D eigenvalue weighted by Crippen LogP contribution is 2.23. The molecule has 2 aromatic rings. The van der Waals surface area contributed by atoms with E-state index >= 15 is 0 Å². The normalized spacial score (nSPS) is 10.3. The van der Waals surface area contributed by atoms with Crippen molar-refractivity contribution in [1.29, 1.82) is 0 Å². The van der Waals surface area contributed by atoms with Crippen LogP contribution >= 0.6 is 0 Å². The quantitative estimate of drug-likeness (QED) is 0.868. The van der Waals surface area contributed by atoms with E-state index in [9.17, 15) is 9.59 Å². The lowest BCUT2D eigenvalue weighted by Gasteiger charge is -2.13. The van der Waals surface area contributed by atoms with Gasteiger partial charge in [0.05, 0.1) is 0 Å². The first kappa shape index (κ1) is 17.7. The zero-order valence-corrected chi connectivity index (χ0v) is 14.7. The zero-order chi connectivity index (χ0) is 17.7. The Hall–Kier alpha value is -2.62. The fourth-order valence-electron chi connectivity index (χ4n) is 2.68. The third-order valence-electron chi connectivity index (χ3n) is 4.04. The van der Waals surface area contributed by atoms with Crippen LogP contribution in [0.4, 0.5) is 11.4 Å². The molecule has 0 aliphatic rings. The molecule has 0 bridgehead atoms. The van der Waals surface area contributed by atoms with E-state index in [1.54, 1.807) is 0 Å². The summed E-state index contributed by atoms with van der Waals surface area (Å²) >= 11 is 0. The van der Waals surface area contributed by atoms with Crippen LogP contribution < -0.4 is 10.6 Å². The maximum Gasteiger partial charge on any atom is 0.224 e. The van der Waals surface area contributed by atoms with Crippen LogP contribution in [-0.2, 0) is 16.0 Å². The van der Waals surface area contributed by atoms with Gasteiger partial charge in [-0.15, -0.1) is 0 Å². The van der Waals surface area contributed by atoms with Crippen molar-refractivity contribution in [3.63, 3.8) is 0 Å². The molecule has 126 valence electrons. The Morgan fingerprint density at radius 1 is 0.958 bits per heavy atom. The van der Waals surface area contributed by atoms with Crippen LogP contribution in [0, 0.1) is 20.8 Å². The third-order valence-corrected chi connectivity index (χ3v) is 4.04. The molecule has 0 heterocycles. The van der Waals surface area contributed by atoms with Crippen LogP contribution in [-0.4, -0.2) is 11.8 Å². The fraction of sp³-hybridized carbons (Fsp3) is 0.300. The first-order valence-electron chi connectivity index (χ1n) is 8.10. The molecule has 0 aromatic heterocycles. The number of amides is 2. The van der Waals surface area contributed by atoms with Gasteiger partial charge in [-0.1, -0.05) is 29.8 Å². The van der Waals surface area contributed by atoms with Crippen LogP contribution in [0.3, 0.4) is 0 Å². The Bertz CT molecular complexity index is 766. The van der Waals surface area contributed by atoms with Crippen molar-refractivity contribution in [1.82, 2.24) is 0 Å². The Kier molecular flexibility index (Phi) is 5.74. The maximum atomic E-state index is 12.3. The van der Waals surface area contributed by atoms with Gasteiger partial charge >= 0.3 is 0 Å². The van der Waals surface area contributed by atoms with Gasteiger partial charge in [0.25, 0.3) is 0 Å². The number of rotatable bonds is 5. The van der Waals surface area contributed by atoms with Gasteiger partial charge in [-0.05, 0) is 56.0 Å². The predicted octanol–water partition coefficient (Wildman–Crippen LogP) is 4.14. The second kappa shape index (κ2) is 7.77. The van der Waals surface area contributed by atoms with E-state index in [0.717, 1.165) is 16.9 Å². The van der Waals surface area contributed by atoms with Crippen molar-refractivity contribution >= 4 is 23.2 Å². The minimum absolute atomic E-state index is 0.0296. The number of nitrogens with one attached hydrogen (secondary N) is 2. The summed E-state index contributed by atoms with van der Waals surface area (Å²) in [7, 11) is 0. The third kappa shape index (κ3) is 4.69. The van der Waals surface area contributed by atoms with Crippen molar-refractivity contribution in [2.24, 2.45) is 0 Å². The molecule has 4 nitrogen and oxygen atoms in total. The summed E-state index contributed by atoms with van der Waals surface area (Å²) in [5.74, 6) is -0.158. The van der Waals surface area contributed by atoms with Gasteiger partial charge in [0.15, 0.2) is 0 Å². The van der Waals surface area contributed by atoms with Crippen LogP contribution in [0.2, 0.25) is 0 Å². The summed E-state index contributed by atoms with van der Waals surface area (Å²) in [6.45, 7) is 7.48. The van der Waals surface area contributed by atoms with Crippen LogP contribution in [0.1, 0.15) is 35.6 Å². The van der Waals surface area contributed by atoms with Gasteiger partial charge in [-0.25, -0.2) is 0 Å². The SMILES string of the molecule is CC(=O)Nc1cccc(NC(=O)CCc2ccc(C)cc2C)c1C. The molecule has 24 heavy (non-hydrogen) atoms. The van der Waals surface area contributed by atoms with Gasteiger partial charge < -0.3 is 10.6 Å². The molecular formula is C20H24N2O2. The molecule has 0 radical (unpaired) electrons. The Morgan fingerprint density at radius 2 is 1.62 bits per heavy atom. The number of hydrogen-bond donors (Lipinski definition) is 2. The summed E-state index contributed by atoms with van der Waals surface area (Å²) in [6.07, 6.45) is 1.14. The first-order chi connectivity index (χ1) is 11.4. The Labute approximate surface area is 143 Å². The van der Waals surface area contributed by atoms with Gasteiger partial charge in [0, 0.05) is 24.7 Å². The van der Waals surface area contributed by atoms with Gasteiger partial charge in [-0.3, -0.25) is 9.59 Å². The zero-order valence-electron chi connectivity index (χ0n) is 14.7. The Morgan fingerprint density at radius 3 is 2.25 bits per heavy atom. The number of aryl methyl sites for hydroxylation is 3. The molecule has 2 amide bonds. The molecule has 0 spiro atoms. The Balaban J connectivity index is 2.01. The highest BCUT2D eigenvalue weighted by atomic mass is 16.2. The summed E-state index contributed by atoms with van der Waals surface area (Å²) < 4.78 is 0. The molecule has 0 unspecified atom stereocenters. The van der Waals surface area contributed by atoms with Gasteiger partial charge in [-0.2, -0.15) is 0 Å². The first-order valence-corrected chi connectivity index (χ1v) is 8.10. The van der Waals surface area contributed by atoms with Crippen molar-refractivity contribution < 1.29 is 9.59 Å². The molecular weight excluding hydrogens is 300 g/mol. The van der Waals surface area contributed by atoms with Crippen LogP contribution in [0.25, 0.3) is 0 Å². The molecule has 0 aliphatic heterocycles. The second-order valence-electron chi connectivity index (χ2n) is 6.14. The lowest BCUT2D eigenvalue weighted by Crippen LogP contribution is -2.14. The average Bonchev–Trinajstić information content (AvgIpc) is 2.50. The number of carbonyl (C=O) groups is 2. The number of benzene rings is 2. The highest BCUT2D eigenvalue weighted by molar-refractivity contribution is 5.95. The summed E-state index contributed by atoms with van der Waals surface area (Å²) in [4.78, 5) is 23.5. The molecule has 0 fully saturated rings. The highest BCUT2D eigenvalue weighted by Gasteiger charge is 2.09. The van der Waals surface area contributed by atoms with E-state index in [0.29, 0.717) is 12.8 Å². The largest absolute Gasteiger partial charge is 0.326 e. The number of hydrogen-bond acceptors (Lipinski definition) is 2. The summed E-state index contributed by atoms with van der Waals surface area (Å²) in [6, 6.07) is 11.8. The van der Waals surface area contributed by atoms with E-state index in [2.05, 4.69) is 42.7 Å². The molecule has 2 rings (SSSR count).